The summed E-state index contributed by atoms with van der Waals surface area (Å²) in [6.07, 6.45) is 1.36. The van der Waals surface area contributed by atoms with Crippen molar-refractivity contribution >= 4 is 23.5 Å². The molecule has 0 atom stereocenters. The van der Waals surface area contributed by atoms with E-state index >= 15 is 0 Å². The van der Waals surface area contributed by atoms with Crippen LogP contribution >= 0.6 is 11.6 Å². The normalized spacial score (nSPS) is 10.8. The summed E-state index contributed by atoms with van der Waals surface area (Å²) in [6.45, 7) is 3.75. The lowest BCUT2D eigenvalue weighted by atomic mass is 10.2. The molecule has 0 radical (unpaired) electrons. The van der Waals surface area contributed by atoms with Crippen molar-refractivity contribution in [3.63, 3.8) is 0 Å². The molecule has 8 heteroatoms. The van der Waals surface area contributed by atoms with Crippen LogP contribution in [0.3, 0.4) is 0 Å². The maximum Gasteiger partial charge on any atom is 0.305 e. The summed E-state index contributed by atoms with van der Waals surface area (Å²) in [5.41, 5.74) is 0.756. The molecule has 1 heterocycles. The number of carboxylic acids is 1. The fourth-order valence-electron chi connectivity index (χ4n) is 2.07. The number of amides is 1. The molecule has 0 saturated heterocycles. The van der Waals surface area contributed by atoms with Gasteiger partial charge in [-0.15, -0.1) is 5.10 Å². The zero-order valence-electron chi connectivity index (χ0n) is 12.8. The van der Waals surface area contributed by atoms with E-state index in [9.17, 15) is 9.59 Å². The van der Waals surface area contributed by atoms with Crippen LogP contribution in [0.5, 0.6) is 0 Å². The molecule has 0 fully saturated rings. The summed E-state index contributed by atoms with van der Waals surface area (Å²) in [4.78, 5) is 24.7. The molecule has 0 spiro atoms. The SMILES string of the molecule is CC(C)N(CCC(=O)O)C(=O)c1cn(-c2ccccc2Cl)nn1. The standard InChI is InChI=1S/C15H17ClN4O3/c1-10(2)19(8-7-14(21)22)15(23)12-9-20(18-17-12)13-6-4-3-5-11(13)16/h3-6,9-10H,7-8H2,1-2H3,(H,21,22). The number of aliphatic carboxylic acids is 1. The van der Waals surface area contributed by atoms with Crippen molar-refractivity contribution in [1.82, 2.24) is 19.9 Å². The van der Waals surface area contributed by atoms with Crippen LogP contribution in [0.15, 0.2) is 30.5 Å². The van der Waals surface area contributed by atoms with Crippen LogP contribution in [0, 0.1) is 0 Å². The number of carbonyl (C=O) groups is 2. The van der Waals surface area contributed by atoms with Gasteiger partial charge in [-0.1, -0.05) is 28.9 Å². The second-order valence-electron chi connectivity index (χ2n) is 5.24. The van der Waals surface area contributed by atoms with Gasteiger partial charge in [-0.2, -0.15) is 0 Å². The molecule has 2 aromatic rings. The first-order valence-electron chi connectivity index (χ1n) is 7.10. The zero-order chi connectivity index (χ0) is 17.0. The Bertz CT molecular complexity index is 714. The minimum absolute atomic E-state index is 0.116. The molecule has 2 rings (SSSR count). The van der Waals surface area contributed by atoms with Gasteiger partial charge in [-0.25, -0.2) is 4.68 Å². The largest absolute Gasteiger partial charge is 0.481 e. The lowest BCUT2D eigenvalue weighted by Crippen LogP contribution is -2.38. The number of hydrogen-bond donors (Lipinski definition) is 1. The van der Waals surface area contributed by atoms with Gasteiger partial charge in [0.25, 0.3) is 5.91 Å². The zero-order valence-corrected chi connectivity index (χ0v) is 13.6. The average Bonchev–Trinajstić information content (AvgIpc) is 2.96. The third-order valence-electron chi connectivity index (χ3n) is 3.26. The number of para-hydroxylation sites is 1. The van der Waals surface area contributed by atoms with Crippen LogP contribution in [-0.2, 0) is 4.79 Å². The Morgan fingerprint density at radius 2 is 2.04 bits per heavy atom. The van der Waals surface area contributed by atoms with Crippen molar-refractivity contribution in [1.29, 1.82) is 0 Å². The minimum atomic E-state index is -0.955. The van der Waals surface area contributed by atoms with Gasteiger partial charge in [0.2, 0.25) is 0 Å². The molecular formula is C15H17ClN4O3. The maximum atomic E-state index is 12.5. The molecule has 1 aromatic heterocycles. The number of aromatic nitrogens is 3. The summed E-state index contributed by atoms with van der Waals surface area (Å²) in [5, 5.41) is 17.1. The van der Waals surface area contributed by atoms with Crippen LogP contribution in [0.25, 0.3) is 5.69 Å². The van der Waals surface area contributed by atoms with Gasteiger partial charge in [0.1, 0.15) is 0 Å². The first-order chi connectivity index (χ1) is 10.9. The van der Waals surface area contributed by atoms with Gasteiger partial charge >= 0.3 is 5.97 Å². The van der Waals surface area contributed by atoms with Crippen LogP contribution in [0.2, 0.25) is 5.02 Å². The van der Waals surface area contributed by atoms with Crippen LogP contribution in [0.1, 0.15) is 30.8 Å². The molecule has 1 amide bonds. The summed E-state index contributed by atoms with van der Waals surface area (Å²) >= 11 is 6.10. The number of halogens is 1. The van der Waals surface area contributed by atoms with E-state index in [-0.39, 0.29) is 30.6 Å². The fraction of sp³-hybridized carbons (Fsp3) is 0.333. The first kappa shape index (κ1) is 17.0. The molecular weight excluding hydrogens is 320 g/mol. The van der Waals surface area contributed by atoms with E-state index in [1.54, 1.807) is 24.3 Å². The number of rotatable bonds is 6. The predicted molar refractivity (Wildman–Crippen MR) is 84.8 cm³/mol. The third-order valence-corrected chi connectivity index (χ3v) is 3.58. The van der Waals surface area contributed by atoms with Gasteiger partial charge in [0.05, 0.1) is 23.3 Å². The Hall–Kier alpha value is -2.41. The second kappa shape index (κ2) is 7.23. The molecule has 0 aliphatic heterocycles. The smallest absolute Gasteiger partial charge is 0.305 e. The van der Waals surface area contributed by atoms with Crippen molar-refractivity contribution in [3.05, 3.63) is 41.2 Å². The van der Waals surface area contributed by atoms with Crippen molar-refractivity contribution in [3.8, 4) is 5.69 Å². The van der Waals surface area contributed by atoms with Gasteiger partial charge in [0, 0.05) is 12.6 Å². The van der Waals surface area contributed by atoms with Gasteiger partial charge < -0.3 is 10.0 Å². The molecule has 0 aliphatic rings. The van der Waals surface area contributed by atoms with Gasteiger partial charge in [-0.3, -0.25) is 9.59 Å². The highest BCUT2D eigenvalue weighted by molar-refractivity contribution is 6.32. The molecule has 122 valence electrons. The Morgan fingerprint density at radius 3 is 2.65 bits per heavy atom. The van der Waals surface area contributed by atoms with Crippen molar-refractivity contribution in [2.45, 2.75) is 26.3 Å². The van der Waals surface area contributed by atoms with Crippen LogP contribution in [0.4, 0.5) is 0 Å². The van der Waals surface area contributed by atoms with Crippen LogP contribution in [-0.4, -0.2) is 49.5 Å². The highest BCUT2D eigenvalue weighted by atomic mass is 35.5. The lowest BCUT2D eigenvalue weighted by Gasteiger charge is -2.25. The summed E-state index contributed by atoms with van der Waals surface area (Å²) in [5.74, 6) is -1.32. The summed E-state index contributed by atoms with van der Waals surface area (Å²) in [7, 11) is 0. The summed E-state index contributed by atoms with van der Waals surface area (Å²) < 4.78 is 1.42. The van der Waals surface area contributed by atoms with Crippen molar-refractivity contribution in [2.24, 2.45) is 0 Å². The van der Waals surface area contributed by atoms with E-state index in [0.29, 0.717) is 10.7 Å². The van der Waals surface area contributed by atoms with Gasteiger partial charge in [-0.05, 0) is 26.0 Å². The third kappa shape index (κ3) is 4.07. The molecule has 23 heavy (non-hydrogen) atoms. The molecule has 0 unspecified atom stereocenters. The van der Waals surface area contributed by atoms with E-state index in [2.05, 4.69) is 10.3 Å². The summed E-state index contributed by atoms with van der Waals surface area (Å²) in [6, 6.07) is 6.93. The maximum absolute atomic E-state index is 12.5. The molecule has 1 N–H and O–H groups in total. The Kier molecular flexibility index (Phi) is 5.33. The Labute approximate surface area is 138 Å². The second-order valence-corrected chi connectivity index (χ2v) is 5.64. The molecule has 0 bridgehead atoms. The average molecular weight is 337 g/mol. The number of hydrogen-bond acceptors (Lipinski definition) is 4. The Morgan fingerprint density at radius 1 is 1.35 bits per heavy atom. The predicted octanol–water partition coefficient (Wildman–Crippen LogP) is 2.25. The van der Waals surface area contributed by atoms with E-state index in [4.69, 9.17) is 16.7 Å². The fourth-order valence-corrected chi connectivity index (χ4v) is 2.30. The van der Waals surface area contributed by atoms with E-state index < -0.39 is 5.97 Å². The van der Waals surface area contributed by atoms with Gasteiger partial charge in [0.15, 0.2) is 5.69 Å². The monoisotopic (exact) mass is 336 g/mol. The van der Waals surface area contributed by atoms with Crippen molar-refractivity contribution < 1.29 is 14.7 Å². The highest BCUT2D eigenvalue weighted by Crippen LogP contribution is 2.19. The molecule has 0 aliphatic carbocycles. The molecule has 7 nitrogen and oxygen atoms in total. The number of carbonyl (C=O) groups excluding carboxylic acids is 1. The number of benzene rings is 1. The topological polar surface area (TPSA) is 88.3 Å². The Balaban J connectivity index is 2.22. The van der Waals surface area contributed by atoms with Crippen molar-refractivity contribution in [2.75, 3.05) is 6.54 Å². The molecule has 0 saturated carbocycles. The lowest BCUT2D eigenvalue weighted by molar-refractivity contribution is -0.137. The highest BCUT2D eigenvalue weighted by Gasteiger charge is 2.22. The quantitative estimate of drug-likeness (QED) is 0.874. The van der Waals surface area contributed by atoms with Crippen LogP contribution < -0.4 is 0 Å². The number of carboxylic acid groups (broad SMARTS) is 1. The van der Waals surface area contributed by atoms with E-state index in [0.717, 1.165) is 0 Å². The van der Waals surface area contributed by atoms with E-state index in [1.165, 1.54) is 15.8 Å². The molecule has 1 aromatic carbocycles. The van der Waals surface area contributed by atoms with E-state index in [1.807, 2.05) is 13.8 Å². The minimum Gasteiger partial charge on any atom is -0.481 e. The number of nitrogens with zero attached hydrogens (tertiary/aromatic N) is 4. The first-order valence-corrected chi connectivity index (χ1v) is 7.48.